The zero-order chi connectivity index (χ0) is 22.3. The average molecular weight is 425 g/mol. The average Bonchev–Trinajstić information content (AvgIpc) is 2.79. The van der Waals surface area contributed by atoms with Crippen molar-refractivity contribution in [2.75, 3.05) is 7.11 Å². The van der Waals surface area contributed by atoms with Crippen molar-refractivity contribution in [3.05, 3.63) is 59.7 Å². The fourth-order valence-corrected chi connectivity index (χ4v) is 2.99. The van der Waals surface area contributed by atoms with Gasteiger partial charge in [-0.1, -0.05) is 45.4 Å². The fraction of sp³-hybridized carbons (Fsp3) is 0.400. The molecule has 0 aliphatic rings. The number of rotatable bonds is 13. The number of hydrogen-bond donors (Lipinski definition) is 1. The molecule has 6 nitrogen and oxygen atoms in total. The summed E-state index contributed by atoms with van der Waals surface area (Å²) in [5.41, 5.74) is 3.79. The van der Waals surface area contributed by atoms with Crippen LogP contribution >= 0.6 is 0 Å². The summed E-state index contributed by atoms with van der Waals surface area (Å²) in [6, 6.07) is 13.6. The van der Waals surface area contributed by atoms with Gasteiger partial charge >= 0.3 is 5.97 Å². The zero-order valence-corrected chi connectivity index (χ0v) is 18.4. The molecule has 0 saturated carbocycles. The van der Waals surface area contributed by atoms with Crippen molar-refractivity contribution in [1.82, 2.24) is 5.43 Å². The number of unbranched alkanes of at least 4 members (excludes halogenated alkanes) is 6. The second kappa shape index (κ2) is 14.0. The summed E-state index contributed by atoms with van der Waals surface area (Å²) < 4.78 is 10.4. The molecule has 1 N–H and O–H groups in total. The van der Waals surface area contributed by atoms with Gasteiger partial charge in [0.05, 0.1) is 18.9 Å². The van der Waals surface area contributed by atoms with Crippen molar-refractivity contribution in [2.24, 2.45) is 5.10 Å². The first-order valence-corrected chi connectivity index (χ1v) is 10.9. The molecule has 0 unspecified atom stereocenters. The molecular formula is C25H32N2O4. The van der Waals surface area contributed by atoms with Gasteiger partial charge in [-0.3, -0.25) is 4.79 Å². The summed E-state index contributed by atoms with van der Waals surface area (Å²) in [6.45, 7) is 2.21. The minimum Gasteiger partial charge on any atom is -0.497 e. The maximum absolute atomic E-state index is 12.2. The molecule has 31 heavy (non-hydrogen) atoms. The van der Waals surface area contributed by atoms with Crippen LogP contribution in [0.1, 0.15) is 74.2 Å². The highest BCUT2D eigenvalue weighted by Gasteiger charge is 2.08. The van der Waals surface area contributed by atoms with Gasteiger partial charge in [-0.25, -0.2) is 10.2 Å². The van der Waals surface area contributed by atoms with E-state index in [0.717, 1.165) is 18.4 Å². The monoisotopic (exact) mass is 424 g/mol. The number of carbonyl (C=O) groups is 2. The summed E-state index contributed by atoms with van der Waals surface area (Å²) in [7, 11) is 1.57. The number of esters is 1. The third kappa shape index (κ3) is 9.47. The third-order valence-electron chi connectivity index (χ3n) is 4.83. The van der Waals surface area contributed by atoms with Crippen LogP contribution in [-0.4, -0.2) is 25.2 Å². The number of hydrazone groups is 1. The molecule has 1 amide bonds. The molecule has 0 radical (unpaired) electrons. The van der Waals surface area contributed by atoms with Crippen LogP contribution in [0.15, 0.2) is 53.6 Å². The highest BCUT2D eigenvalue weighted by atomic mass is 16.5. The van der Waals surface area contributed by atoms with Crippen LogP contribution in [0, 0.1) is 0 Å². The molecule has 166 valence electrons. The quantitative estimate of drug-likeness (QED) is 0.151. The molecule has 2 aromatic carbocycles. The van der Waals surface area contributed by atoms with Gasteiger partial charge in [-0.15, -0.1) is 0 Å². The fourth-order valence-electron chi connectivity index (χ4n) is 2.99. The Morgan fingerprint density at radius 3 is 2.13 bits per heavy atom. The van der Waals surface area contributed by atoms with Gasteiger partial charge in [0.15, 0.2) is 0 Å². The Labute approximate surface area is 184 Å². The Bertz CT molecular complexity index is 830. The second-order valence-corrected chi connectivity index (χ2v) is 7.35. The summed E-state index contributed by atoms with van der Waals surface area (Å²) in [4.78, 5) is 24.0. The summed E-state index contributed by atoms with van der Waals surface area (Å²) in [5.74, 6) is 0.590. The van der Waals surface area contributed by atoms with E-state index in [2.05, 4.69) is 17.5 Å². The molecule has 0 aliphatic carbocycles. The molecule has 0 atom stereocenters. The smallest absolute Gasteiger partial charge is 0.343 e. The predicted octanol–water partition coefficient (Wildman–Crippen LogP) is 5.51. The van der Waals surface area contributed by atoms with E-state index in [4.69, 9.17) is 9.47 Å². The van der Waals surface area contributed by atoms with E-state index in [9.17, 15) is 9.59 Å². The number of methoxy groups -OCH3 is 1. The van der Waals surface area contributed by atoms with Gasteiger partial charge in [0.25, 0.3) is 0 Å². The Hall–Kier alpha value is -3.15. The van der Waals surface area contributed by atoms with Crippen LogP contribution in [-0.2, 0) is 4.79 Å². The van der Waals surface area contributed by atoms with Gasteiger partial charge < -0.3 is 9.47 Å². The van der Waals surface area contributed by atoms with Gasteiger partial charge in [0.1, 0.15) is 11.5 Å². The van der Waals surface area contributed by atoms with E-state index < -0.39 is 5.97 Å². The third-order valence-corrected chi connectivity index (χ3v) is 4.83. The van der Waals surface area contributed by atoms with Gasteiger partial charge in [-0.2, -0.15) is 5.10 Å². The van der Waals surface area contributed by atoms with Gasteiger partial charge in [0, 0.05) is 6.42 Å². The largest absolute Gasteiger partial charge is 0.497 e. The SMILES string of the molecule is CCCCCCCCCC(=O)N/N=C\c1ccc(OC(=O)c2ccc(OC)cc2)cc1. The molecule has 0 aliphatic heterocycles. The predicted molar refractivity (Wildman–Crippen MR) is 123 cm³/mol. The molecule has 0 saturated heterocycles. The van der Waals surface area contributed by atoms with Crippen LogP contribution in [0.5, 0.6) is 11.5 Å². The Morgan fingerprint density at radius 2 is 1.48 bits per heavy atom. The molecule has 0 bridgehead atoms. The van der Waals surface area contributed by atoms with E-state index in [1.54, 1.807) is 61.9 Å². The molecule has 0 fully saturated rings. The summed E-state index contributed by atoms with van der Waals surface area (Å²) >= 11 is 0. The topological polar surface area (TPSA) is 77.0 Å². The molecular weight excluding hydrogens is 392 g/mol. The standard InChI is InChI=1S/C25H32N2O4/c1-3-4-5-6-7-8-9-10-24(28)27-26-19-20-11-15-23(16-12-20)31-25(29)21-13-17-22(30-2)18-14-21/h11-19H,3-10H2,1-2H3,(H,27,28)/b26-19-. The highest BCUT2D eigenvalue weighted by molar-refractivity contribution is 5.91. The number of benzene rings is 2. The number of nitrogens with zero attached hydrogens (tertiary/aromatic N) is 1. The van der Waals surface area contributed by atoms with E-state index in [1.807, 2.05) is 0 Å². The highest BCUT2D eigenvalue weighted by Crippen LogP contribution is 2.16. The van der Waals surface area contributed by atoms with Crippen LogP contribution in [0.3, 0.4) is 0 Å². The van der Waals surface area contributed by atoms with E-state index in [0.29, 0.717) is 23.5 Å². The Kier molecular flexibility index (Phi) is 10.9. The first-order valence-electron chi connectivity index (χ1n) is 10.9. The van der Waals surface area contributed by atoms with Crippen LogP contribution in [0.25, 0.3) is 0 Å². The van der Waals surface area contributed by atoms with Crippen molar-refractivity contribution in [3.8, 4) is 11.5 Å². The van der Waals surface area contributed by atoms with E-state index in [-0.39, 0.29) is 5.91 Å². The first-order chi connectivity index (χ1) is 15.1. The molecule has 2 aromatic rings. The minimum absolute atomic E-state index is 0.0742. The van der Waals surface area contributed by atoms with Crippen molar-refractivity contribution in [2.45, 2.75) is 58.3 Å². The van der Waals surface area contributed by atoms with Crippen molar-refractivity contribution in [1.29, 1.82) is 0 Å². The van der Waals surface area contributed by atoms with Crippen LogP contribution in [0.4, 0.5) is 0 Å². The minimum atomic E-state index is -0.443. The van der Waals surface area contributed by atoms with E-state index >= 15 is 0 Å². The molecule has 0 aromatic heterocycles. The Balaban J connectivity index is 1.69. The van der Waals surface area contributed by atoms with Crippen molar-refractivity contribution < 1.29 is 19.1 Å². The number of amides is 1. The number of nitrogens with one attached hydrogen (secondary N) is 1. The van der Waals surface area contributed by atoms with Crippen molar-refractivity contribution >= 4 is 18.1 Å². The lowest BCUT2D eigenvalue weighted by molar-refractivity contribution is -0.121. The molecule has 6 heteroatoms. The zero-order valence-electron chi connectivity index (χ0n) is 18.4. The van der Waals surface area contributed by atoms with E-state index in [1.165, 1.54) is 32.1 Å². The molecule has 0 heterocycles. The van der Waals surface area contributed by atoms with Crippen LogP contribution in [0.2, 0.25) is 0 Å². The normalized spacial score (nSPS) is 10.8. The Morgan fingerprint density at radius 1 is 0.871 bits per heavy atom. The number of hydrogen-bond acceptors (Lipinski definition) is 5. The molecule has 2 rings (SSSR count). The lowest BCUT2D eigenvalue weighted by atomic mass is 10.1. The van der Waals surface area contributed by atoms with Crippen molar-refractivity contribution in [3.63, 3.8) is 0 Å². The van der Waals surface area contributed by atoms with Gasteiger partial charge in [0.2, 0.25) is 5.91 Å². The molecule has 0 spiro atoms. The maximum atomic E-state index is 12.2. The van der Waals surface area contributed by atoms with Crippen LogP contribution < -0.4 is 14.9 Å². The maximum Gasteiger partial charge on any atom is 0.343 e. The summed E-state index contributed by atoms with van der Waals surface area (Å²) in [5, 5.41) is 3.99. The lowest BCUT2D eigenvalue weighted by Crippen LogP contribution is -2.16. The first kappa shape index (κ1) is 24.1. The number of carbonyl (C=O) groups excluding carboxylic acids is 2. The number of ether oxygens (including phenoxy) is 2. The lowest BCUT2D eigenvalue weighted by Gasteiger charge is -2.05. The summed E-state index contributed by atoms with van der Waals surface area (Å²) in [6.07, 6.45) is 10.3. The second-order valence-electron chi connectivity index (χ2n) is 7.35. The van der Waals surface area contributed by atoms with Gasteiger partial charge in [-0.05, 0) is 60.5 Å².